The van der Waals surface area contributed by atoms with Crippen molar-refractivity contribution in [2.45, 2.75) is 32.4 Å². The molecular weight excluding hydrogens is 482 g/mol. The van der Waals surface area contributed by atoms with Crippen LogP contribution in [0.1, 0.15) is 29.5 Å². The topological polar surface area (TPSA) is 56.7 Å². The maximum Gasteiger partial charge on any atom is 0.222 e. The Morgan fingerprint density at radius 3 is 2.48 bits per heavy atom. The molecule has 2 aromatic carbocycles. The van der Waals surface area contributed by atoms with Gasteiger partial charge >= 0.3 is 0 Å². The lowest BCUT2D eigenvalue weighted by Crippen LogP contribution is -2.38. The summed E-state index contributed by atoms with van der Waals surface area (Å²) >= 11 is 0. The van der Waals surface area contributed by atoms with E-state index in [0.29, 0.717) is 32.0 Å². The summed E-state index contributed by atoms with van der Waals surface area (Å²) in [5.74, 6) is 0.735. The van der Waals surface area contributed by atoms with E-state index in [9.17, 15) is 9.18 Å². The number of nitrogens with one attached hydrogen (secondary N) is 2. The number of guanidine groups is 1. The van der Waals surface area contributed by atoms with Crippen LogP contribution in [0.5, 0.6) is 0 Å². The first kappa shape index (κ1) is 23.1. The van der Waals surface area contributed by atoms with Crippen LogP contribution < -0.4 is 10.6 Å². The van der Waals surface area contributed by atoms with E-state index in [4.69, 9.17) is 0 Å². The highest BCUT2D eigenvalue weighted by Gasteiger charge is 2.20. The van der Waals surface area contributed by atoms with Crippen molar-refractivity contribution in [2.24, 2.45) is 4.99 Å². The third-order valence-corrected chi connectivity index (χ3v) is 4.94. The van der Waals surface area contributed by atoms with Gasteiger partial charge in [-0.1, -0.05) is 36.4 Å². The maximum atomic E-state index is 13.0. The highest BCUT2D eigenvalue weighted by molar-refractivity contribution is 14.0. The molecule has 0 saturated carbocycles. The van der Waals surface area contributed by atoms with Crippen LogP contribution in [0.2, 0.25) is 0 Å². The number of hydrogen-bond acceptors (Lipinski definition) is 2. The van der Waals surface area contributed by atoms with Gasteiger partial charge in [-0.3, -0.25) is 9.79 Å². The molecule has 0 aliphatic carbocycles. The summed E-state index contributed by atoms with van der Waals surface area (Å²) in [7, 11) is 1.74. The minimum Gasteiger partial charge on any atom is -0.356 e. The van der Waals surface area contributed by atoms with Crippen molar-refractivity contribution in [1.82, 2.24) is 15.5 Å². The van der Waals surface area contributed by atoms with Crippen LogP contribution in [-0.2, 0) is 24.3 Å². The molecule has 156 valence electrons. The van der Waals surface area contributed by atoms with Crippen molar-refractivity contribution in [3.8, 4) is 0 Å². The Bertz CT molecular complexity index is 826. The first-order valence-electron chi connectivity index (χ1n) is 9.69. The van der Waals surface area contributed by atoms with Crippen molar-refractivity contribution in [3.05, 3.63) is 71.0 Å². The van der Waals surface area contributed by atoms with Gasteiger partial charge in [-0.2, -0.15) is 0 Å². The van der Waals surface area contributed by atoms with Crippen molar-refractivity contribution in [2.75, 3.05) is 20.1 Å². The van der Waals surface area contributed by atoms with Crippen molar-refractivity contribution in [1.29, 1.82) is 0 Å². The van der Waals surface area contributed by atoms with Gasteiger partial charge in [0, 0.05) is 39.6 Å². The number of halogens is 2. The SMILES string of the molecule is CN=C(NCCc1ccc(F)cc1)NCc1ccccc1CN1CCCC1=O.I. The largest absolute Gasteiger partial charge is 0.356 e. The van der Waals surface area contributed by atoms with Crippen LogP contribution in [0.25, 0.3) is 0 Å². The van der Waals surface area contributed by atoms with Crippen LogP contribution in [0.15, 0.2) is 53.5 Å². The second-order valence-corrected chi connectivity index (χ2v) is 6.92. The van der Waals surface area contributed by atoms with Gasteiger partial charge in [0.1, 0.15) is 5.82 Å². The molecular formula is C22H28FIN4O. The fraction of sp³-hybridized carbons (Fsp3) is 0.364. The number of carbonyl (C=O) groups excluding carboxylic acids is 1. The second-order valence-electron chi connectivity index (χ2n) is 6.92. The van der Waals surface area contributed by atoms with Gasteiger partial charge in [0.25, 0.3) is 0 Å². The third-order valence-electron chi connectivity index (χ3n) is 4.94. The Morgan fingerprint density at radius 2 is 1.83 bits per heavy atom. The number of rotatable bonds is 7. The van der Waals surface area contributed by atoms with E-state index in [2.05, 4.69) is 27.8 Å². The zero-order chi connectivity index (χ0) is 19.8. The van der Waals surface area contributed by atoms with Crippen molar-refractivity contribution < 1.29 is 9.18 Å². The monoisotopic (exact) mass is 510 g/mol. The number of benzene rings is 2. The van der Waals surface area contributed by atoms with Gasteiger partial charge in [0.2, 0.25) is 5.91 Å². The average molecular weight is 510 g/mol. The summed E-state index contributed by atoms with van der Waals surface area (Å²) in [5, 5.41) is 6.62. The molecule has 1 aliphatic heterocycles. The summed E-state index contributed by atoms with van der Waals surface area (Å²) in [4.78, 5) is 18.1. The van der Waals surface area contributed by atoms with Gasteiger partial charge in [0.05, 0.1) is 0 Å². The molecule has 3 rings (SSSR count). The summed E-state index contributed by atoms with van der Waals surface area (Å²) in [6.45, 7) is 2.84. The lowest BCUT2D eigenvalue weighted by atomic mass is 10.1. The first-order chi connectivity index (χ1) is 13.7. The van der Waals surface area contributed by atoms with Crippen molar-refractivity contribution >= 4 is 35.8 Å². The fourth-order valence-corrected chi connectivity index (χ4v) is 3.34. The molecule has 1 saturated heterocycles. The van der Waals surface area contributed by atoms with Crippen LogP contribution >= 0.6 is 24.0 Å². The summed E-state index contributed by atoms with van der Waals surface area (Å²) in [5.41, 5.74) is 3.39. The summed E-state index contributed by atoms with van der Waals surface area (Å²) in [6.07, 6.45) is 2.39. The number of nitrogens with zero attached hydrogens (tertiary/aromatic N) is 2. The van der Waals surface area contributed by atoms with Gasteiger partial charge in [-0.25, -0.2) is 4.39 Å². The maximum absolute atomic E-state index is 13.0. The zero-order valence-corrected chi connectivity index (χ0v) is 19.0. The molecule has 2 aromatic rings. The molecule has 5 nitrogen and oxygen atoms in total. The van der Waals surface area contributed by atoms with E-state index >= 15 is 0 Å². The minimum atomic E-state index is -0.219. The summed E-state index contributed by atoms with van der Waals surface area (Å²) in [6, 6.07) is 14.7. The molecule has 0 atom stereocenters. The highest BCUT2D eigenvalue weighted by atomic mass is 127. The molecule has 1 heterocycles. The zero-order valence-electron chi connectivity index (χ0n) is 16.7. The number of carbonyl (C=O) groups is 1. The molecule has 1 amide bonds. The normalized spacial score (nSPS) is 13.9. The molecule has 0 unspecified atom stereocenters. The van der Waals surface area contributed by atoms with Gasteiger partial charge in [-0.05, 0) is 41.7 Å². The Hall–Kier alpha value is -2.16. The number of aliphatic imine (C=N–C) groups is 1. The van der Waals surface area contributed by atoms with Crippen LogP contribution in [0.4, 0.5) is 4.39 Å². The predicted octanol–water partition coefficient (Wildman–Crippen LogP) is 3.47. The smallest absolute Gasteiger partial charge is 0.222 e. The van der Waals surface area contributed by atoms with E-state index < -0.39 is 0 Å². The lowest BCUT2D eigenvalue weighted by Gasteiger charge is -2.19. The van der Waals surface area contributed by atoms with Crippen LogP contribution in [0, 0.1) is 5.82 Å². The molecule has 1 aliphatic rings. The Labute approximate surface area is 188 Å². The van der Waals surface area contributed by atoms with E-state index in [1.54, 1.807) is 19.2 Å². The van der Waals surface area contributed by atoms with E-state index in [1.807, 2.05) is 17.0 Å². The fourth-order valence-electron chi connectivity index (χ4n) is 3.34. The van der Waals surface area contributed by atoms with E-state index in [1.165, 1.54) is 12.1 Å². The Kier molecular flexibility index (Phi) is 9.37. The molecule has 0 radical (unpaired) electrons. The standard InChI is InChI=1S/C22H27FN4O.HI/c1-24-22(25-13-12-17-8-10-20(23)11-9-17)26-15-18-5-2-3-6-19(18)16-27-14-4-7-21(27)28;/h2-3,5-6,8-11H,4,7,12-16H2,1H3,(H2,24,25,26);1H. The molecule has 0 spiro atoms. The lowest BCUT2D eigenvalue weighted by molar-refractivity contribution is -0.128. The number of amides is 1. The average Bonchev–Trinajstić information content (AvgIpc) is 3.11. The minimum absolute atomic E-state index is 0. The number of hydrogen-bond donors (Lipinski definition) is 2. The molecule has 2 N–H and O–H groups in total. The quantitative estimate of drug-likeness (QED) is 0.341. The predicted molar refractivity (Wildman–Crippen MR) is 125 cm³/mol. The van der Waals surface area contributed by atoms with Crippen molar-refractivity contribution in [3.63, 3.8) is 0 Å². The second kappa shape index (κ2) is 11.7. The molecule has 0 bridgehead atoms. The van der Waals surface area contributed by atoms with E-state index in [-0.39, 0.29) is 35.7 Å². The molecule has 0 aromatic heterocycles. The number of likely N-dealkylation sites (tertiary alicyclic amines) is 1. The third kappa shape index (κ3) is 6.99. The Morgan fingerprint density at radius 1 is 1.10 bits per heavy atom. The van der Waals surface area contributed by atoms with Gasteiger partial charge in [0.15, 0.2) is 5.96 Å². The summed E-state index contributed by atoms with van der Waals surface area (Å²) < 4.78 is 13.0. The first-order valence-corrected chi connectivity index (χ1v) is 9.69. The van der Waals surface area contributed by atoms with Crippen LogP contribution in [0.3, 0.4) is 0 Å². The Balaban J connectivity index is 0.00000300. The highest BCUT2D eigenvalue weighted by Crippen LogP contribution is 2.17. The van der Waals surface area contributed by atoms with Gasteiger partial charge in [-0.15, -0.1) is 24.0 Å². The molecule has 1 fully saturated rings. The molecule has 7 heteroatoms. The van der Waals surface area contributed by atoms with Crippen LogP contribution in [-0.4, -0.2) is 36.9 Å². The van der Waals surface area contributed by atoms with E-state index in [0.717, 1.165) is 36.1 Å². The van der Waals surface area contributed by atoms with Gasteiger partial charge < -0.3 is 15.5 Å². The molecule has 29 heavy (non-hydrogen) atoms.